The Morgan fingerprint density at radius 3 is 2.37 bits per heavy atom. The van der Waals surface area contributed by atoms with E-state index in [1.807, 2.05) is 24.3 Å². The maximum atomic E-state index is 12.8. The van der Waals surface area contributed by atoms with Gasteiger partial charge in [-0.25, -0.2) is 0 Å². The van der Waals surface area contributed by atoms with E-state index in [1.54, 1.807) is 0 Å². The molecular weight excluding hydrogens is 394 g/mol. The molecule has 5 rings (SSSR count). The summed E-state index contributed by atoms with van der Waals surface area (Å²) in [5.41, 5.74) is 2.46. The molecule has 1 amide bonds. The van der Waals surface area contributed by atoms with Crippen LogP contribution in [0.4, 0.5) is 0 Å². The minimum absolute atomic E-state index is 0.254. The molecule has 0 aliphatic carbocycles. The van der Waals surface area contributed by atoms with E-state index in [0.29, 0.717) is 24.4 Å². The Kier molecular flexibility index (Phi) is 5.81. The van der Waals surface area contributed by atoms with Gasteiger partial charge in [-0.05, 0) is 49.2 Å². The van der Waals surface area contributed by atoms with E-state index in [9.17, 15) is 4.79 Å². The normalized spacial score (nSPS) is 25.2. The lowest BCUT2D eigenvalue weighted by molar-refractivity contribution is -0.129. The van der Waals surface area contributed by atoms with Gasteiger partial charge in [0.1, 0.15) is 0 Å². The van der Waals surface area contributed by atoms with E-state index in [1.165, 1.54) is 38.0 Å². The van der Waals surface area contributed by atoms with Crippen molar-refractivity contribution in [3.63, 3.8) is 0 Å². The van der Waals surface area contributed by atoms with E-state index in [-0.39, 0.29) is 5.91 Å². The van der Waals surface area contributed by atoms with Crippen molar-refractivity contribution in [3.8, 4) is 0 Å². The van der Waals surface area contributed by atoms with E-state index in [0.717, 1.165) is 30.2 Å². The molecule has 3 heterocycles. The van der Waals surface area contributed by atoms with Gasteiger partial charge in [0.2, 0.25) is 5.91 Å². The Labute approximate surface area is 184 Å². The summed E-state index contributed by atoms with van der Waals surface area (Å²) in [5.74, 6) is 0.922. The van der Waals surface area contributed by atoms with Gasteiger partial charge in [-0.1, -0.05) is 54.1 Å². The number of amides is 1. The summed E-state index contributed by atoms with van der Waals surface area (Å²) in [5, 5.41) is 0.718. The Hall–Kier alpha value is -1.88. The zero-order chi connectivity index (χ0) is 20.5. The Morgan fingerprint density at radius 2 is 1.63 bits per heavy atom. The molecule has 0 spiro atoms. The molecule has 4 nitrogen and oxygen atoms in total. The average molecular weight is 424 g/mol. The first-order valence-electron chi connectivity index (χ1n) is 11.2. The SMILES string of the molecule is O=C(Cc1ccc(Cl)cc1)N1C[C@H]2CN(C3CCN(Cc4ccccc4)CC3)[C@@H]2C1. The lowest BCUT2D eigenvalue weighted by Crippen LogP contribution is -2.61. The summed E-state index contributed by atoms with van der Waals surface area (Å²) in [6.07, 6.45) is 2.97. The summed E-state index contributed by atoms with van der Waals surface area (Å²) in [4.78, 5) is 20.2. The van der Waals surface area contributed by atoms with Gasteiger partial charge in [0.25, 0.3) is 0 Å². The summed E-state index contributed by atoms with van der Waals surface area (Å²) >= 11 is 5.96. The van der Waals surface area contributed by atoms with Crippen LogP contribution in [0.5, 0.6) is 0 Å². The second kappa shape index (κ2) is 8.70. The summed E-state index contributed by atoms with van der Waals surface area (Å²) < 4.78 is 0. The van der Waals surface area contributed by atoms with Crippen molar-refractivity contribution in [2.45, 2.75) is 37.9 Å². The van der Waals surface area contributed by atoms with Crippen LogP contribution < -0.4 is 0 Å². The fourth-order valence-corrected chi connectivity index (χ4v) is 5.57. The van der Waals surface area contributed by atoms with Gasteiger partial charge in [-0.15, -0.1) is 0 Å². The molecule has 5 heteroatoms. The molecule has 2 aromatic carbocycles. The van der Waals surface area contributed by atoms with E-state index in [2.05, 4.69) is 45.0 Å². The number of rotatable bonds is 5. The van der Waals surface area contributed by atoms with E-state index < -0.39 is 0 Å². The number of benzene rings is 2. The fraction of sp³-hybridized carbons (Fsp3) is 0.480. The molecule has 3 aliphatic heterocycles. The molecule has 0 aromatic heterocycles. The fourth-order valence-electron chi connectivity index (χ4n) is 5.44. The predicted molar refractivity (Wildman–Crippen MR) is 120 cm³/mol. The van der Waals surface area contributed by atoms with Crippen molar-refractivity contribution in [2.75, 3.05) is 32.7 Å². The minimum atomic E-state index is 0.254. The van der Waals surface area contributed by atoms with Crippen LogP contribution in [-0.4, -0.2) is 65.4 Å². The molecule has 158 valence electrons. The number of nitrogens with zero attached hydrogens (tertiary/aromatic N) is 3. The number of hydrogen-bond donors (Lipinski definition) is 0. The molecule has 0 N–H and O–H groups in total. The monoisotopic (exact) mass is 423 g/mol. The van der Waals surface area contributed by atoms with Crippen LogP contribution in [0.1, 0.15) is 24.0 Å². The second-order valence-electron chi connectivity index (χ2n) is 9.12. The van der Waals surface area contributed by atoms with Crippen LogP contribution in [0.25, 0.3) is 0 Å². The highest BCUT2D eigenvalue weighted by Gasteiger charge is 2.49. The second-order valence-corrected chi connectivity index (χ2v) is 9.56. The molecule has 3 fully saturated rings. The number of carbonyl (C=O) groups excluding carboxylic acids is 1. The van der Waals surface area contributed by atoms with Gasteiger partial charge in [-0.3, -0.25) is 14.6 Å². The van der Waals surface area contributed by atoms with E-state index in [4.69, 9.17) is 11.6 Å². The summed E-state index contributed by atoms with van der Waals surface area (Å²) in [6, 6.07) is 19.7. The molecule has 2 atom stereocenters. The van der Waals surface area contributed by atoms with Gasteiger partial charge in [0.15, 0.2) is 0 Å². The molecule has 0 unspecified atom stereocenters. The Balaban J connectivity index is 1.10. The molecule has 2 aromatic rings. The lowest BCUT2D eigenvalue weighted by atomic mass is 9.87. The topological polar surface area (TPSA) is 26.8 Å². The van der Waals surface area contributed by atoms with Crippen molar-refractivity contribution < 1.29 is 4.79 Å². The van der Waals surface area contributed by atoms with Crippen LogP contribution in [0.15, 0.2) is 54.6 Å². The van der Waals surface area contributed by atoms with Crippen molar-refractivity contribution in [2.24, 2.45) is 5.92 Å². The highest BCUT2D eigenvalue weighted by Crippen LogP contribution is 2.36. The predicted octanol–water partition coefficient (Wildman–Crippen LogP) is 3.69. The third-order valence-electron chi connectivity index (χ3n) is 7.17. The number of hydrogen-bond acceptors (Lipinski definition) is 3. The quantitative estimate of drug-likeness (QED) is 0.733. The maximum Gasteiger partial charge on any atom is 0.227 e. The third kappa shape index (κ3) is 4.27. The molecule has 0 bridgehead atoms. The maximum absolute atomic E-state index is 12.8. The Bertz CT molecular complexity index is 864. The minimum Gasteiger partial charge on any atom is -0.340 e. The van der Waals surface area contributed by atoms with Gasteiger partial charge in [0.05, 0.1) is 6.42 Å². The molecular formula is C25H30ClN3O. The van der Waals surface area contributed by atoms with Crippen molar-refractivity contribution in [1.82, 2.24) is 14.7 Å². The van der Waals surface area contributed by atoms with Gasteiger partial charge < -0.3 is 4.90 Å². The average Bonchev–Trinajstić information content (AvgIpc) is 3.08. The number of fused-ring (bicyclic) bond motifs is 1. The number of piperidine rings is 1. The molecule has 0 saturated carbocycles. The number of halogens is 1. The number of carbonyl (C=O) groups is 1. The van der Waals surface area contributed by atoms with E-state index >= 15 is 0 Å². The molecule has 0 radical (unpaired) electrons. The van der Waals surface area contributed by atoms with Crippen LogP contribution in [-0.2, 0) is 17.8 Å². The number of likely N-dealkylation sites (tertiary alicyclic amines) is 3. The smallest absolute Gasteiger partial charge is 0.227 e. The van der Waals surface area contributed by atoms with Gasteiger partial charge in [0, 0.05) is 49.2 Å². The Morgan fingerprint density at radius 1 is 0.900 bits per heavy atom. The van der Waals surface area contributed by atoms with Crippen molar-refractivity contribution in [1.29, 1.82) is 0 Å². The first-order chi connectivity index (χ1) is 14.7. The standard InChI is InChI=1S/C25H30ClN3O/c26-22-8-6-19(7-9-22)14-25(30)28-16-21-17-29(24(21)18-28)23-10-12-27(13-11-23)15-20-4-2-1-3-5-20/h1-9,21,23-24H,10-18H2/t21-,24+/m0/s1. The largest absolute Gasteiger partial charge is 0.340 e. The zero-order valence-corrected chi connectivity index (χ0v) is 18.2. The summed E-state index contributed by atoms with van der Waals surface area (Å²) in [7, 11) is 0. The van der Waals surface area contributed by atoms with Crippen LogP contribution >= 0.6 is 11.6 Å². The van der Waals surface area contributed by atoms with Gasteiger partial charge in [-0.2, -0.15) is 0 Å². The highest BCUT2D eigenvalue weighted by atomic mass is 35.5. The van der Waals surface area contributed by atoms with Crippen molar-refractivity contribution >= 4 is 17.5 Å². The van der Waals surface area contributed by atoms with Crippen LogP contribution in [0.3, 0.4) is 0 Å². The third-order valence-corrected chi connectivity index (χ3v) is 7.43. The highest BCUT2D eigenvalue weighted by molar-refractivity contribution is 6.30. The van der Waals surface area contributed by atoms with Crippen LogP contribution in [0, 0.1) is 5.92 Å². The summed E-state index contributed by atoms with van der Waals surface area (Å²) in [6.45, 7) is 6.41. The van der Waals surface area contributed by atoms with Crippen LogP contribution in [0.2, 0.25) is 5.02 Å². The first kappa shape index (κ1) is 20.0. The molecule has 3 aliphatic rings. The first-order valence-corrected chi connectivity index (χ1v) is 11.6. The zero-order valence-electron chi connectivity index (χ0n) is 17.4. The van der Waals surface area contributed by atoms with Crippen molar-refractivity contribution in [3.05, 3.63) is 70.7 Å². The van der Waals surface area contributed by atoms with Gasteiger partial charge >= 0.3 is 0 Å². The lowest BCUT2D eigenvalue weighted by Gasteiger charge is -2.50. The molecule has 30 heavy (non-hydrogen) atoms. The molecule has 3 saturated heterocycles.